The van der Waals surface area contributed by atoms with Crippen molar-refractivity contribution in [2.24, 2.45) is 0 Å². The molecule has 25 heavy (non-hydrogen) atoms. The summed E-state index contributed by atoms with van der Waals surface area (Å²) in [4.78, 5) is 25.4. The highest BCUT2D eigenvalue weighted by molar-refractivity contribution is 5.81. The zero-order valence-electron chi connectivity index (χ0n) is 14.6. The highest BCUT2D eigenvalue weighted by Gasteiger charge is 2.13. The molecule has 0 N–H and O–H groups in total. The average Bonchev–Trinajstić information content (AvgIpc) is 2.62. The first-order valence-corrected chi connectivity index (χ1v) is 8.23. The van der Waals surface area contributed by atoms with E-state index in [0.29, 0.717) is 13.2 Å². The number of carbonyl (C=O) groups excluding carboxylic acids is 2. The summed E-state index contributed by atoms with van der Waals surface area (Å²) >= 11 is 0. The summed E-state index contributed by atoms with van der Waals surface area (Å²) in [5.74, 6) is 0.152. The third kappa shape index (κ3) is 6.30. The smallest absolute Gasteiger partial charge is 0.310 e. The van der Waals surface area contributed by atoms with E-state index in [-0.39, 0.29) is 18.9 Å². The molecule has 0 heterocycles. The maximum Gasteiger partial charge on any atom is 0.310 e. The van der Waals surface area contributed by atoms with E-state index in [4.69, 9.17) is 9.47 Å². The average molecular weight is 341 g/mol. The topological polar surface area (TPSA) is 55.8 Å². The van der Waals surface area contributed by atoms with Crippen LogP contribution in [0.15, 0.2) is 54.6 Å². The molecule has 0 unspecified atom stereocenters. The van der Waals surface area contributed by atoms with Gasteiger partial charge in [0.15, 0.2) is 6.61 Å². The molecule has 2 rings (SSSR count). The van der Waals surface area contributed by atoms with Gasteiger partial charge >= 0.3 is 5.97 Å². The van der Waals surface area contributed by atoms with Crippen LogP contribution in [0.1, 0.15) is 18.1 Å². The molecular weight excluding hydrogens is 318 g/mol. The van der Waals surface area contributed by atoms with Crippen LogP contribution in [0, 0.1) is 0 Å². The Labute approximate surface area is 148 Å². The molecule has 0 aliphatic rings. The summed E-state index contributed by atoms with van der Waals surface area (Å²) in [5.41, 5.74) is 1.85. The van der Waals surface area contributed by atoms with Gasteiger partial charge in [0.2, 0.25) is 0 Å². The first kappa shape index (κ1) is 18.5. The van der Waals surface area contributed by atoms with Crippen LogP contribution in [-0.2, 0) is 27.3 Å². The van der Waals surface area contributed by atoms with Gasteiger partial charge in [0, 0.05) is 13.6 Å². The van der Waals surface area contributed by atoms with Crippen molar-refractivity contribution in [3.63, 3.8) is 0 Å². The lowest BCUT2D eigenvalue weighted by Gasteiger charge is -2.17. The molecule has 0 atom stereocenters. The van der Waals surface area contributed by atoms with Crippen molar-refractivity contribution in [2.45, 2.75) is 19.9 Å². The van der Waals surface area contributed by atoms with Crippen LogP contribution in [0.5, 0.6) is 5.75 Å². The van der Waals surface area contributed by atoms with E-state index in [9.17, 15) is 9.59 Å². The third-order valence-corrected chi connectivity index (χ3v) is 3.63. The number of hydrogen-bond acceptors (Lipinski definition) is 4. The van der Waals surface area contributed by atoms with Gasteiger partial charge in [-0.05, 0) is 30.2 Å². The Balaban J connectivity index is 1.76. The number of benzene rings is 2. The van der Waals surface area contributed by atoms with Crippen LogP contribution >= 0.6 is 0 Å². The van der Waals surface area contributed by atoms with Crippen LogP contribution in [0.2, 0.25) is 0 Å². The number of amides is 1. The fourth-order valence-electron chi connectivity index (χ4n) is 2.29. The number of carbonyl (C=O) groups is 2. The summed E-state index contributed by atoms with van der Waals surface area (Å²) in [6, 6.07) is 16.9. The lowest BCUT2D eigenvalue weighted by molar-refractivity contribution is -0.151. The van der Waals surface area contributed by atoms with Gasteiger partial charge in [-0.15, -0.1) is 0 Å². The highest BCUT2D eigenvalue weighted by Crippen LogP contribution is 2.13. The van der Waals surface area contributed by atoms with Gasteiger partial charge in [-0.1, -0.05) is 42.5 Å². The first-order valence-electron chi connectivity index (χ1n) is 8.23. The summed E-state index contributed by atoms with van der Waals surface area (Å²) in [7, 11) is 1.68. The summed E-state index contributed by atoms with van der Waals surface area (Å²) < 4.78 is 10.5. The van der Waals surface area contributed by atoms with Crippen molar-refractivity contribution in [1.29, 1.82) is 0 Å². The van der Waals surface area contributed by atoms with Crippen LogP contribution in [-0.4, -0.2) is 37.0 Å². The number of rotatable bonds is 8. The zero-order valence-corrected chi connectivity index (χ0v) is 14.6. The Morgan fingerprint density at radius 2 is 1.64 bits per heavy atom. The molecule has 132 valence electrons. The van der Waals surface area contributed by atoms with Crippen molar-refractivity contribution in [1.82, 2.24) is 4.90 Å². The van der Waals surface area contributed by atoms with Crippen molar-refractivity contribution >= 4 is 11.9 Å². The highest BCUT2D eigenvalue weighted by atomic mass is 16.5. The Kier molecular flexibility index (Phi) is 7.01. The van der Waals surface area contributed by atoms with E-state index in [1.54, 1.807) is 7.05 Å². The van der Waals surface area contributed by atoms with E-state index in [1.165, 1.54) is 4.90 Å². The maximum absolute atomic E-state index is 12.1. The van der Waals surface area contributed by atoms with E-state index in [0.717, 1.165) is 16.9 Å². The second-order valence-corrected chi connectivity index (χ2v) is 5.65. The molecule has 0 fully saturated rings. The van der Waals surface area contributed by atoms with Crippen LogP contribution in [0.4, 0.5) is 0 Å². The minimum absolute atomic E-state index is 0.163. The molecule has 0 spiro atoms. The van der Waals surface area contributed by atoms with Crippen LogP contribution in [0.25, 0.3) is 0 Å². The molecule has 5 nitrogen and oxygen atoms in total. The fraction of sp³-hybridized carbons (Fsp3) is 0.300. The largest absolute Gasteiger partial charge is 0.494 e. The third-order valence-electron chi connectivity index (χ3n) is 3.63. The Bertz CT molecular complexity index is 683. The van der Waals surface area contributed by atoms with Crippen molar-refractivity contribution in [3.05, 3.63) is 65.7 Å². The lowest BCUT2D eigenvalue weighted by Crippen LogP contribution is -2.31. The van der Waals surface area contributed by atoms with E-state index < -0.39 is 5.97 Å². The Morgan fingerprint density at radius 1 is 0.960 bits per heavy atom. The summed E-state index contributed by atoms with van der Waals surface area (Å²) in [5, 5.41) is 0. The molecular formula is C20H23NO4. The Morgan fingerprint density at radius 3 is 2.28 bits per heavy atom. The molecule has 0 saturated heterocycles. The van der Waals surface area contributed by atoms with Gasteiger partial charge in [0.05, 0.1) is 13.0 Å². The maximum atomic E-state index is 12.1. The number of hydrogen-bond donors (Lipinski definition) is 0. The molecule has 0 bridgehead atoms. The van der Waals surface area contributed by atoms with Crippen LogP contribution in [0.3, 0.4) is 0 Å². The predicted octanol–water partition coefficient (Wildman–Crippen LogP) is 2.83. The predicted molar refractivity (Wildman–Crippen MR) is 95.2 cm³/mol. The van der Waals surface area contributed by atoms with Gasteiger partial charge in [0.1, 0.15) is 5.75 Å². The molecule has 1 amide bonds. The molecule has 2 aromatic rings. The van der Waals surface area contributed by atoms with Crippen LogP contribution < -0.4 is 4.74 Å². The SMILES string of the molecule is CCOc1ccc(CN(C)C(=O)COC(=O)Cc2ccccc2)cc1. The molecule has 0 saturated carbocycles. The molecule has 0 aliphatic heterocycles. The number of nitrogens with zero attached hydrogens (tertiary/aromatic N) is 1. The van der Waals surface area contributed by atoms with Gasteiger partial charge in [0.25, 0.3) is 5.91 Å². The monoisotopic (exact) mass is 341 g/mol. The molecule has 2 aromatic carbocycles. The van der Waals surface area contributed by atoms with E-state index >= 15 is 0 Å². The minimum Gasteiger partial charge on any atom is -0.494 e. The second-order valence-electron chi connectivity index (χ2n) is 5.65. The van der Waals surface area contributed by atoms with Gasteiger partial charge < -0.3 is 14.4 Å². The summed E-state index contributed by atoms with van der Waals surface area (Å²) in [6.07, 6.45) is 0.163. The molecule has 5 heteroatoms. The van der Waals surface area contributed by atoms with E-state index in [1.807, 2.05) is 61.5 Å². The standard InChI is InChI=1S/C20H23NO4/c1-3-24-18-11-9-17(10-12-18)14-21(2)19(22)15-25-20(23)13-16-7-5-4-6-8-16/h4-12H,3,13-15H2,1-2H3. The Hall–Kier alpha value is -2.82. The quantitative estimate of drug-likeness (QED) is 0.693. The van der Waals surface area contributed by atoms with Gasteiger partial charge in [-0.25, -0.2) is 0 Å². The lowest BCUT2D eigenvalue weighted by atomic mass is 10.2. The molecule has 0 radical (unpaired) electrons. The first-order chi connectivity index (χ1) is 12.1. The number of likely N-dealkylation sites (N-methyl/N-ethyl adjacent to an activating group) is 1. The fourth-order valence-corrected chi connectivity index (χ4v) is 2.29. The number of ether oxygens (including phenoxy) is 2. The van der Waals surface area contributed by atoms with Gasteiger partial charge in [-0.2, -0.15) is 0 Å². The summed E-state index contributed by atoms with van der Waals surface area (Å²) in [6.45, 7) is 2.74. The minimum atomic E-state index is -0.408. The molecule has 0 aromatic heterocycles. The second kappa shape index (κ2) is 9.47. The van der Waals surface area contributed by atoms with Crippen molar-refractivity contribution in [3.8, 4) is 5.75 Å². The number of esters is 1. The van der Waals surface area contributed by atoms with E-state index in [2.05, 4.69) is 0 Å². The zero-order chi connectivity index (χ0) is 18.1. The van der Waals surface area contributed by atoms with Gasteiger partial charge in [-0.3, -0.25) is 9.59 Å². The van der Waals surface area contributed by atoms with Crippen molar-refractivity contribution in [2.75, 3.05) is 20.3 Å². The normalized spacial score (nSPS) is 10.2. The van der Waals surface area contributed by atoms with Crippen molar-refractivity contribution < 1.29 is 19.1 Å². The molecule has 0 aliphatic carbocycles.